The minimum atomic E-state index is -6.01. The predicted molar refractivity (Wildman–Crippen MR) is 37.5 cm³/mol. The molecular weight excluding hydrogens is 222 g/mol. The maximum atomic E-state index is 12.6. The lowest BCUT2D eigenvalue weighted by Gasteiger charge is -2.17. The Balaban J connectivity index is 3.14. The number of carbonyl (C=O) groups is 1. The van der Waals surface area contributed by atoms with Crippen LogP contribution in [0.3, 0.4) is 0 Å². The van der Waals surface area contributed by atoms with Crippen molar-refractivity contribution in [2.24, 2.45) is 0 Å². The van der Waals surface area contributed by atoms with Crippen LogP contribution in [-0.4, -0.2) is 33.7 Å². The summed E-state index contributed by atoms with van der Waals surface area (Å²) < 4.78 is 55.5. The first-order valence-electron chi connectivity index (χ1n) is 3.13. The van der Waals surface area contributed by atoms with E-state index < -0.39 is 21.3 Å². The van der Waals surface area contributed by atoms with E-state index in [-0.39, 0.29) is 4.57 Å². The molecule has 1 aromatic rings. The Labute approximate surface area is 76.9 Å². The van der Waals surface area contributed by atoms with Gasteiger partial charge in [0.2, 0.25) is 0 Å². The van der Waals surface area contributed by atoms with Gasteiger partial charge in [-0.1, -0.05) is 0 Å². The first-order chi connectivity index (χ1) is 6.27. The molecule has 0 aliphatic carbocycles. The van der Waals surface area contributed by atoms with E-state index >= 15 is 0 Å². The maximum Gasteiger partial charge on any atom is 0.411 e. The van der Waals surface area contributed by atoms with Crippen LogP contribution < -0.4 is 0 Å². The van der Waals surface area contributed by atoms with Gasteiger partial charge in [0.15, 0.2) is 10.1 Å². The Hall–Kier alpha value is -1.35. The van der Waals surface area contributed by atoms with E-state index in [1.54, 1.807) is 0 Å². The average molecular weight is 225 g/mol. The van der Waals surface area contributed by atoms with Crippen LogP contribution in [0.5, 0.6) is 0 Å². The zero-order valence-electron chi connectivity index (χ0n) is 6.42. The second-order valence-corrected chi connectivity index (χ2v) is 3.67. The van der Waals surface area contributed by atoms with Crippen molar-refractivity contribution >= 4 is 16.0 Å². The molecule has 0 aliphatic rings. The smallest absolute Gasteiger partial charge is 0.411 e. The van der Waals surface area contributed by atoms with Crippen LogP contribution in [0.2, 0.25) is 0 Å². The van der Waals surface area contributed by atoms with Gasteiger partial charge in [-0.05, 0) is 0 Å². The van der Waals surface area contributed by atoms with Crippen LogP contribution in [0.15, 0.2) is 18.7 Å². The first kappa shape index (κ1) is 10.7. The zero-order chi connectivity index (χ0) is 11.0. The fourth-order valence-electron chi connectivity index (χ4n) is 0.636. The number of nitrogens with zero attached hydrogens (tertiary/aromatic N) is 2. The van der Waals surface area contributed by atoms with Crippen molar-refractivity contribution in [1.29, 1.82) is 0 Å². The Bertz CT molecular complexity index is 438. The molecule has 0 saturated carbocycles. The van der Waals surface area contributed by atoms with E-state index in [0.717, 1.165) is 12.4 Å². The second-order valence-electron chi connectivity index (χ2n) is 2.25. The summed E-state index contributed by atoms with van der Waals surface area (Å²) in [6.45, 7) is 0. The van der Waals surface area contributed by atoms with Crippen molar-refractivity contribution in [2.45, 2.75) is 5.25 Å². The van der Waals surface area contributed by atoms with Crippen molar-refractivity contribution in [1.82, 2.24) is 9.55 Å². The van der Waals surface area contributed by atoms with Gasteiger partial charge in [-0.15, -0.1) is 0 Å². The summed E-state index contributed by atoms with van der Waals surface area (Å²) in [5.74, 6) is -2.15. The minimum Gasteiger partial charge on any atom is -0.743 e. The number of imidazole rings is 1. The third-order valence-corrected chi connectivity index (χ3v) is 2.10. The highest BCUT2D eigenvalue weighted by atomic mass is 32.2. The van der Waals surface area contributed by atoms with Gasteiger partial charge in [-0.25, -0.2) is 13.4 Å². The van der Waals surface area contributed by atoms with Gasteiger partial charge >= 0.3 is 11.2 Å². The van der Waals surface area contributed by atoms with Crippen molar-refractivity contribution in [3.8, 4) is 0 Å². The molecule has 0 aromatic carbocycles. The molecule has 1 rings (SSSR count). The zero-order valence-corrected chi connectivity index (χ0v) is 7.24. The molecule has 0 amide bonds. The van der Waals surface area contributed by atoms with Crippen molar-refractivity contribution in [3.63, 3.8) is 0 Å². The maximum absolute atomic E-state index is 12.6. The van der Waals surface area contributed by atoms with Crippen LogP contribution in [0, 0.1) is 0 Å². The summed E-state index contributed by atoms with van der Waals surface area (Å²) in [6, 6.07) is 0. The Morgan fingerprint density at radius 2 is 2.07 bits per heavy atom. The molecule has 14 heavy (non-hydrogen) atoms. The fourth-order valence-corrected chi connectivity index (χ4v) is 0.956. The molecule has 6 nitrogen and oxygen atoms in total. The van der Waals surface area contributed by atoms with E-state index in [4.69, 9.17) is 0 Å². The van der Waals surface area contributed by atoms with Gasteiger partial charge in [-0.2, -0.15) is 8.78 Å². The number of aromatic nitrogens is 2. The van der Waals surface area contributed by atoms with Gasteiger partial charge in [0.1, 0.15) is 6.33 Å². The number of alkyl halides is 2. The number of halogens is 2. The molecule has 0 aliphatic heterocycles. The van der Waals surface area contributed by atoms with Crippen molar-refractivity contribution < 1.29 is 26.5 Å². The first-order valence-corrected chi connectivity index (χ1v) is 4.53. The normalized spacial score (nSPS) is 12.8. The van der Waals surface area contributed by atoms with Crippen LogP contribution in [0.25, 0.3) is 0 Å². The lowest BCUT2D eigenvalue weighted by molar-refractivity contribution is 0.0392. The molecule has 0 saturated heterocycles. The molecule has 1 heterocycles. The third-order valence-electron chi connectivity index (χ3n) is 1.30. The van der Waals surface area contributed by atoms with Gasteiger partial charge < -0.3 is 4.55 Å². The van der Waals surface area contributed by atoms with Gasteiger partial charge in [0, 0.05) is 12.4 Å². The van der Waals surface area contributed by atoms with E-state index in [2.05, 4.69) is 4.98 Å². The molecule has 0 radical (unpaired) electrons. The molecule has 0 fully saturated rings. The topological polar surface area (TPSA) is 92.1 Å². The quantitative estimate of drug-likeness (QED) is 0.642. The van der Waals surface area contributed by atoms with Crippen molar-refractivity contribution in [2.75, 3.05) is 0 Å². The third kappa shape index (κ3) is 1.63. The molecule has 78 valence electrons. The van der Waals surface area contributed by atoms with Gasteiger partial charge in [0.25, 0.3) is 0 Å². The van der Waals surface area contributed by atoms with Gasteiger partial charge in [-0.3, -0.25) is 9.36 Å². The van der Waals surface area contributed by atoms with Crippen molar-refractivity contribution in [3.05, 3.63) is 18.7 Å². The summed E-state index contributed by atoms with van der Waals surface area (Å²) >= 11 is 0. The molecule has 0 bridgehead atoms. The number of carbonyl (C=O) groups excluding carboxylic acids is 1. The lowest BCUT2D eigenvalue weighted by atomic mass is 10.6. The minimum absolute atomic E-state index is 0.218. The van der Waals surface area contributed by atoms with E-state index in [0.29, 0.717) is 6.33 Å². The average Bonchev–Trinajstić information content (AvgIpc) is 2.52. The number of hydrogen-bond donors (Lipinski definition) is 0. The predicted octanol–water partition coefficient (Wildman–Crippen LogP) is -0.339. The highest BCUT2D eigenvalue weighted by molar-refractivity contribution is 7.87. The Morgan fingerprint density at radius 3 is 2.43 bits per heavy atom. The lowest BCUT2D eigenvalue weighted by Crippen LogP contribution is -2.40. The summed E-state index contributed by atoms with van der Waals surface area (Å²) in [7, 11) is -6.01. The van der Waals surface area contributed by atoms with Crippen LogP contribution in [-0.2, 0) is 10.1 Å². The molecular formula is C5H3F2N2O4S-. The molecule has 9 heteroatoms. The van der Waals surface area contributed by atoms with Crippen LogP contribution in [0.1, 0.15) is 4.79 Å². The molecule has 0 atom stereocenters. The molecule has 0 N–H and O–H groups in total. The standard InChI is InChI=1S/C5H4F2N2O4S/c6-5(7,14(11,12)13)4(10)9-2-1-8-3-9/h1-3H,(H,11,12,13)/p-1. The molecule has 1 aromatic heterocycles. The Morgan fingerprint density at radius 1 is 1.50 bits per heavy atom. The number of rotatable bonds is 2. The Kier molecular flexibility index (Phi) is 2.37. The second kappa shape index (κ2) is 3.10. The summed E-state index contributed by atoms with van der Waals surface area (Å²) in [4.78, 5) is 14.0. The monoisotopic (exact) mass is 225 g/mol. The van der Waals surface area contributed by atoms with Gasteiger partial charge in [0.05, 0.1) is 0 Å². The van der Waals surface area contributed by atoms with Crippen LogP contribution in [0.4, 0.5) is 8.78 Å². The fraction of sp³-hybridized carbons (Fsp3) is 0.200. The van der Waals surface area contributed by atoms with Crippen LogP contribution >= 0.6 is 0 Å². The summed E-state index contributed by atoms with van der Waals surface area (Å²) in [5, 5.41) is -4.98. The molecule has 0 spiro atoms. The van der Waals surface area contributed by atoms with E-state index in [9.17, 15) is 26.5 Å². The highest BCUT2D eigenvalue weighted by Crippen LogP contribution is 2.22. The summed E-state index contributed by atoms with van der Waals surface area (Å²) in [5.41, 5.74) is 0. The van der Waals surface area contributed by atoms with E-state index in [1.165, 1.54) is 0 Å². The number of hydrogen-bond acceptors (Lipinski definition) is 5. The SMILES string of the molecule is O=C(n1ccnc1)C(F)(F)S(=O)(=O)[O-]. The molecule has 0 unspecified atom stereocenters. The largest absolute Gasteiger partial charge is 0.743 e. The highest BCUT2D eigenvalue weighted by Gasteiger charge is 2.47. The van der Waals surface area contributed by atoms with E-state index in [1.807, 2.05) is 0 Å². The summed E-state index contributed by atoms with van der Waals surface area (Å²) in [6.07, 6.45) is 2.47.